The molecule has 8 nitrogen and oxygen atoms in total. The van der Waals surface area contributed by atoms with Crippen LogP contribution in [0.1, 0.15) is 71.5 Å². The number of aryl methyl sites for hydroxylation is 2. The average molecular weight is 424 g/mol. The van der Waals surface area contributed by atoms with Crippen LogP contribution in [0.15, 0.2) is 23.1 Å². The van der Waals surface area contributed by atoms with Crippen LogP contribution in [0.5, 0.6) is 0 Å². The summed E-state index contributed by atoms with van der Waals surface area (Å²) in [6.07, 6.45) is 3.47. The molecule has 0 atom stereocenters. The zero-order chi connectivity index (χ0) is 22.1. The molecule has 1 fully saturated rings. The van der Waals surface area contributed by atoms with E-state index in [0.29, 0.717) is 30.0 Å². The monoisotopic (exact) mass is 423 g/mol. The molecule has 31 heavy (non-hydrogen) atoms. The zero-order valence-electron chi connectivity index (χ0n) is 18.5. The second-order valence-electron chi connectivity index (χ2n) is 8.53. The highest BCUT2D eigenvalue weighted by Gasteiger charge is 2.23. The third-order valence-corrected chi connectivity index (χ3v) is 5.88. The van der Waals surface area contributed by atoms with E-state index in [2.05, 4.69) is 15.4 Å². The predicted octanol–water partition coefficient (Wildman–Crippen LogP) is 3.14. The van der Waals surface area contributed by atoms with Crippen LogP contribution in [0.25, 0.3) is 11.0 Å². The number of nitrogens with zero attached hydrogens (tertiary/aromatic N) is 3. The fourth-order valence-electron chi connectivity index (χ4n) is 4.17. The van der Waals surface area contributed by atoms with E-state index < -0.39 is 0 Å². The zero-order valence-corrected chi connectivity index (χ0v) is 18.5. The third kappa shape index (κ3) is 4.25. The van der Waals surface area contributed by atoms with Crippen LogP contribution in [0, 0.1) is 13.8 Å². The second kappa shape index (κ2) is 8.63. The van der Waals surface area contributed by atoms with E-state index in [-0.39, 0.29) is 30.0 Å². The first-order valence-electron chi connectivity index (χ1n) is 10.8. The lowest BCUT2D eigenvalue weighted by Gasteiger charge is -2.22. The van der Waals surface area contributed by atoms with Gasteiger partial charge in [-0.2, -0.15) is 5.10 Å². The van der Waals surface area contributed by atoms with Gasteiger partial charge < -0.3 is 15.0 Å². The van der Waals surface area contributed by atoms with Gasteiger partial charge in [0.2, 0.25) is 0 Å². The van der Waals surface area contributed by atoms with Crippen LogP contribution in [-0.4, -0.2) is 38.9 Å². The van der Waals surface area contributed by atoms with Crippen molar-refractivity contribution in [3.63, 3.8) is 0 Å². The second-order valence-corrected chi connectivity index (χ2v) is 8.53. The summed E-state index contributed by atoms with van der Waals surface area (Å²) in [7, 11) is 0. The first-order chi connectivity index (χ1) is 14.8. The van der Waals surface area contributed by atoms with Crippen LogP contribution >= 0.6 is 0 Å². The van der Waals surface area contributed by atoms with Gasteiger partial charge in [-0.1, -0.05) is 0 Å². The van der Waals surface area contributed by atoms with E-state index in [1.165, 1.54) is 0 Å². The van der Waals surface area contributed by atoms with E-state index in [4.69, 9.17) is 9.72 Å². The van der Waals surface area contributed by atoms with E-state index >= 15 is 0 Å². The molecule has 0 unspecified atom stereocenters. The quantitative estimate of drug-likeness (QED) is 0.656. The van der Waals surface area contributed by atoms with E-state index in [1.807, 2.05) is 44.5 Å². The highest BCUT2D eigenvalue weighted by Crippen LogP contribution is 2.30. The summed E-state index contributed by atoms with van der Waals surface area (Å²) in [6, 6.07) is 3.91. The molecule has 3 aromatic rings. The summed E-state index contributed by atoms with van der Waals surface area (Å²) in [5, 5.41) is 8.12. The first kappa shape index (κ1) is 21.2. The van der Waals surface area contributed by atoms with Gasteiger partial charge in [0, 0.05) is 48.7 Å². The number of H-pyrrole nitrogens is 1. The summed E-state index contributed by atoms with van der Waals surface area (Å²) >= 11 is 0. The highest BCUT2D eigenvalue weighted by atomic mass is 16.5. The van der Waals surface area contributed by atoms with E-state index in [1.54, 1.807) is 6.20 Å². The fraction of sp³-hybridized carbons (Fsp3) is 0.478. The minimum atomic E-state index is -0.233. The van der Waals surface area contributed by atoms with Gasteiger partial charge in [-0.05, 0) is 58.2 Å². The largest absolute Gasteiger partial charge is 0.381 e. The SMILES string of the molecule is Cc1cc(C)c(CNC(=O)c2cc(C3CCOCC3)nc3c2cnn3C(C)C)c(=O)[nH]1. The van der Waals surface area contributed by atoms with Crippen molar-refractivity contribution in [3.05, 3.63) is 56.8 Å². The molecule has 8 heteroatoms. The molecule has 1 saturated heterocycles. The summed E-state index contributed by atoms with van der Waals surface area (Å²) in [5.74, 6) is 0.0193. The molecular weight excluding hydrogens is 394 g/mol. The number of pyridine rings is 2. The maximum absolute atomic E-state index is 13.2. The highest BCUT2D eigenvalue weighted by molar-refractivity contribution is 6.05. The Morgan fingerprint density at radius 1 is 1.29 bits per heavy atom. The van der Waals surface area contributed by atoms with Gasteiger partial charge in [-0.25, -0.2) is 9.67 Å². The van der Waals surface area contributed by atoms with Crippen molar-refractivity contribution in [2.75, 3.05) is 13.2 Å². The van der Waals surface area contributed by atoms with Gasteiger partial charge in [-0.15, -0.1) is 0 Å². The number of carbonyl (C=O) groups excluding carboxylic acids is 1. The number of hydrogen-bond acceptors (Lipinski definition) is 5. The number of amides is 1. The molecule has 0 bridgehead atoms. The number of rotatable bonds is 5. The molecule has 164 valence electrons. The van der Waals surface area contributed by atoms with Crippen molar-refractivity contribution >= 4 is 16.9 Å². The molecule has 4 rings (SSSR count). The number of fused-ring (bicyclic) bond motifs is 1. The van der Waals surface area contributed by atoms with Crippen LogP contribution in [0.4, 0.5) is 0 Å². The molecule has 3 aromatic heterocycles. The molecule has 0 spiro atoms. The Labute approximate surface area is 181 Å². The maximum Gasteiger partial charge on any atom is 0.253 e. The number of aromatic nitrogens is 4. The lowest BCUT2D eigenvalue weighted by Crippen LogP contribution is -2.28. The Hall–Kier alpha value is -3.00. The number of nitrogens with one attached hydrogen (secondary N) is 2. The molecule has 1 aliphatic heterocycles. The van der Waals surface area contributed by atoms with Gasteiger partial charge in [0.25, 0.3) is 11.5 Å². The Balaban J connectivity index is 1.70. The Morgan fingerprint density at radius 3 is 2.71 bits per heavy atom. The minimum Gasteiger partial charge on any atom is -0.381 e. The average Bonchev–Trinajstić information content (AvgIpc) is 3.17. The molecular formula is C23H29N5O3. The molecule has 2 N–H and O–H groups in total. The summed E-state index contributed by atoms with van der Waals surface area (Å²) in [4.78, 5) is 33.2. The molecule has 0 saturated carbocycles. The van der Waals surface area contributed by atoms with Crippen molar-refractivity contribution in [1.29, 1.82) is 0 Å². The van der Waals surface area contributed by atoms with Crippen molar-refractivity contribution in [1.82, 2.24) is 25.1 Å². The summed E-state index contributed by atoms with van der Waals surface area (Å²) in [5.41, 5.74) is 4.20. The number of aromatic amines is 1. The van der Waals surface area contributed by atoms with Crippen molar-refractivity contribution in [3.8, 4) is 0 Å². The lowest BCUT2D eigenvalue weighted by atomic mass is 9.94. The van der Waals surface area contributed by atoms with E-state index in [0.717, 1.165) is 35.2 Å². The van der Waals surface area contributed by atoms with E-state index in [9.17, 15) is 9.59 Å². The van der Waals surface area contributed by atoms with Crippen LogP contribution in [0.3, 0.4) is 0 Å². The topological polar surface area (TPSA) is 102 Å². The third-order valence-electron chi connectivity index (χ3n) is 5.88. The molecule has 0 aliphatic carbocycles. The smallest absolute Gasteiger partial charge is 0.253 e. The molecule has 0 aromatic carbocycles. The van der Waals surface area contributed by atoms with Crippen molar-refractivity contribution in [2.24, 2.45) is 0 Å². The number of carbonyl (C=O) groups is 1. The number of hydrogen-bond donors (Lipinski definition) is 2. The van der Waals surface area contributed by atoms with Gasteiger partial charge in [-0.3, -0.25) is 9.59 Å². The molecule has 4 heterocycles. The van der Waals surface area contributed by atoms with Crippen molar-refractivity contribution < 1.29 is 9.53 Å². The standard InChI is InChI=1S/C23H29N5O3/c1-13(2)28-21-19(12-25-28)17(10-20(27-21)16-5-7-31-8-6-16)22(29)24-11-18-14(3)9-15(4)26-23(18)30/h9-10,12-13,16H,5-8,11H2,1-4H3,(H,24,29)(H,26,30). The number of ether oxygens (including phenoxy) is 1. The normalized spacial score (nSPS) is 15.0. The van der Waals surface area contributed by atoms with Gasteiger partial charge in [0.1, 0.15) is 0 Å². The van der Waals surface area contributed by atoms with Crippen molar-refractivity contribution in [2.45, 2.75) is 59.0 Å². The van der Waals surface area contributed by atoms with Crippen LogP contribution in [0.2, 0.25) is 0 Å². The Kier molecular flexibility index (Phi) is 5.91. The first-order valence-corrected chi connectivity index (χ1v) is 10.8. The Bertz CT molecular complexity index is 1170. The van der Waals surface area contributed by atoms with Gasteiger partial charge in [0.05, 0.1) is 17.1 Å². The van der Waals surface area contributed by atoms with Gasteiger partial charge >= 0.3 is 0 Å². The van der Waals surface area contributed by atoms with Crippen LogP contribution in [-0.2, 0) is 11.3 Å². The minimum absolute atomic E-state index is 0.125. The predicted molar refractivity (Wildman–Crippen MR) is 118 cm³/mol. The summed E-state index contributed by atoms with van der Waals surface area (Å²) in [6.45, 7) is 9.37. The molecule has 1 aliphatic rings. The maximum atomic E-state index is 13.2. The Morgan fingerprint density at radius 2 is 2.03 bits per heavy atom. The molecule has 0 radical (unpaired) electrons. The summed E-state index contributed by atoms with van der Waals surface area (Å²) < 4.78 is 7.35. The van der Waals surface area contributed by atoms with Gasteiger partial charge in [0.15, 0.2) is 5.65 Å². The molecule has 1 amide bonds. The lowest BCUT2D eigenvalue weighted by molar-refractivity contribution is 0.0845. The van der Waals surface area contributed by atoms with Crippen LogP contribution < -0.4 is 10.9 Å². The fourth-order valence-corrected chi connectivity index (χ4v) is 4.17.